The number of likely N-dealkylation sites (N-methyl/N-ethyl adjacent to an activating group) is 1. The minimum Gasteiger partial charge on any atom is -0.454 e. The van der Waals surface area contributed by atoms with Gasteiger partial charge < -0.3 is 19.7 Å². The van der Waals surface area contributed by atoms with Crippen molar-refractivity contribution >= 4 is 18.3 Å². The lowest BCUT2D eigenvalue weighted by atomic mass is 10.0. The number of hydrogen-bond acceptors (Lipinski definition) is 4. The molecule has 1 aliphatic rings. The van der Waals surface area contributed by atoms with Crippen LogP contribution in [0.1, 0.15) is 23.6 Å². The normalized spacial score (nSPS) is 13.2. The number of ether oxygens (including phenoxy) is 2. The highest BCUT2D eigenvalue weighted by atomic mass is 35.5. The quantitative estimate of drug-likeness (QED) is 0.806. The molecule has 1 atom stereocenters. The van der Waals surface area contributed by atoms with Gasteiger partial charge in [0.05, 0.1) is 6.04 Å². The summed E-state index contributed by atoms with van der Waals surface area (Å²) in [4.78, 5) is 14.3. The van der Waals surface area contributed by atoms with Crippen LogP contribution in [-0.4, -0.2) is 38.2 Å². The van der Waals surface area contributed by atoms with Crippen LogP contribution in [0.3, 0.4) is 0 Å². The van der Waals surface area contributed by atoms with Crippen molar-refractivity contribution in [3.63, 3.8) is 0 Å². The van der Waals surface area contributed by atoms with Crippen molar-refractivity contribution in [2.75, 3.05) is 27.4 Å². The number of halogens is 1. The minimum absolute atomic E-state index is 0. The Bertz CT molecular complexity index is 722. The van der Waals surface area contributed by atoms with Crippen molar-refractivity contribution in [3.05, 3.63) is 59.7 Å². The van der Waals surface area contributed by atoms with Gasteiger partial charge >= 0.3 is 0 Å². The molecule has 1 amide bonds. The molecular formula is C20H25ClN2O3. The van der Waals surface area contributed by atoms with Crippen LogP contribution in [0.2, 0.25) is 0 Å². The van der Waals surface area contributed by atoms with E-state index < -0.39 is 0 Å². The third-order valence-corrected chi connectivity index (χ3v) is 4.38. The monoisotopic (exact) mass is 376 g/mol. The van der Waals surface area contributed by atoms with Crippen molar-refractivity contribution in [1.29, 1.82) is 0 Å². The van der Waals surface area contributed by atoms with E-state index >= 15 is 0 Å². The maximum absolute atomic E-state index is 12.2. The lowest BCUT2D eigenvalue weighted by Crippen LogP contribution is -2.34. The van der Waals surface area contributed by atoms with Crippen molar-refractivity contribution in [3.8, 4) is 11.5 Å². The van der Waals surface area contributed by atoms with Crippen LogP contribution in [0, 0.1) is 0 Å². The molecule has 5 nitrogen and oxygen atoms in total. The molecule has 0 saturated heterocycles. The molecule has 2 aromatic carbocycles. The average Bonchev–Trinajstić information content (AvgIpc) is 3.08. The first kappa shape index (κ1) is 20.1. The number of amides is 1. The lowest BCUT2D eigenvalue weighted by Gasteiger charge is -2.25. The Kier molecular flexibility index (Phi) is 7.30. The molecule has 1 N–H and O–H groups in total. The molecule has 0 saturated carbocycles. The maximum Gasteiger partial charge on any atom is 0.231 e. The van der Waals surface area contributed by atoms with Gasteiger partial charge in [0.2, 0.25) is 12.7 Å². The van der Waals surface area contributed by atoms with Crippen LogP contribution in [-0.2, 0) is 11.2 Å². The molecule has 1 heterocycles. The van der Waals surface area contributed by atoms with Gasteiger partial charge in [-0.05, 0) is 43.8 Å². The fourth-order valence-electron chi connectivity index (χ4n) is 2.92. The molecule has 3 rings (SSSR count). The number of carbonyl (C=O) groups excluding carboxylic acids is 1. The largest absolute Gasteiger partial charge is 0.454 e. The Morgan fingerprint density at radius 2 is 1.85 bits per heavy atom. The summed E-state index contributed by atoms with van der Waals surface area (Å²) in [5, 5.41) is 3.05. The van der Waals surface area contributed by atoms with Gasteiger partial charge in [-0.2, -0.15) is 0 Å². The van der Waals surface area contributed by atoms with Gasteiger partial charge in [-0.1, -0.05) is 36.4 Å². The summed E-state index contributed by atoms with van der Waals surface area (Å²) in [6.45, 7) is 0.821. The van der Waals surface area contributed by atoms with Crippen LogP contribution in [0.4, 0.5) is 0 Å². The summed E-state index contributed by atoms with van der Waals surface area (Å²) < 4.78 is 10.8. The summed E-state index contributed by atoms with van der Waals surface area (Å²) in [6.07, 6.45) is 1.24. The number of benzene rings is 2. The fourth-order valence-corrected chi connectivity index (χ4v) is 2.92. The summed E-state index contributed by atoms with van der Waals surface area (Å²) in [7, 11) is 4.01. The Morgan fingerprint density at radius 3 is 2.58 bits per heavy atom. The van der Waals surface area contributed by atoms with E-state index in [4.69, 9.17) is 9.47 Å². The highest BCUT2D eigenvalue weighted by molar-refractivity contribution is 5.85. The summed E-state index contributed by atoms with van der Waals surface area (Å²) in [5.74, 6) is 1.60. The summed E-state index contributed by atoms with van der Waals surface area (Å²) >= 11 is 0. The van der Waals surface area contributed by atoms with E-state index in [0.717, 1.165) is 23.5 Å². The number of fused-ring (bicyclic) bond motifs is 1. The molecule has 26 heavy (non-hydrogen) atoms. The predicted molar refractivity (Wildman–Crippen MR) is 104 cm³/mol. The highest BCUT2D eigenvalue weighted by Gasteiger charge is 2.20. The second-order valence-electron chi connectivity index (χ2n) is 6.38. The molecule has 0 bridgehead atoms. The Labute approximate surface area is 160 Å². The molecule has 0 spiro atoms. The third-order valence-electron chi connectivity index (χ3n) is 4.38. The molecular weight excluding hydrogens is 352 g/mol. The topological polar surface area (TPSA) is 50.8 Å². The molecule has 0 radical (unpaired) electrons. The standard InChI is InChI=1S/C20H24N2O3.ClH/c1-22(2)17(16-9-10-18-19(12-16)25-14-24-18)13-21-20(23)11-8-15-6-4-3-5-7-15;/h3-7,9-10,12,17H,8,11,13-14H2,1-2H3,(H,21,23);1H. The van der Waals surface area contributed by atoms with E-state index in [1.54, 1.807) is 0 Å². The zero-order chi connectivity index (χ0) is 17.6. The zero-order valence-corrected chi connectivity index (χ0v) is 15.9. The first-order valence-electron chi connectivity index (χ1n) is 8.50. The molecule has 6 heteroatoms. The first-order chi connectivity index (χ1) is 12.1. The number of aryl methyl sites for hydroxylation is 1. The number of hydrogen-bond donors (Lipinski definition) is 1. The Morgan fingerprint density at radius 1 is 1.12 bits per heavy atom. The maximum atomic E-state index is 12.2. The van der Waals surface area contributed by atoms with Crippen molar-refractivity contribution in [2.24, 2.45) is 0 Å². The van der Waals surface area contributed by atoms with E-state index in [1.807, 2.05) is 62.6 Å². The van der Waals surface area contributed by atoms with Crippen LogP contribution < -0.4 is 14.8 Å². The summed E-state index contributed by atoms with van der Waals surface area (Å²) in [6, 6.07) is 16.1. The van der Waals surface area contributed by atoms with Gasteiger partial charge in [0.25, 0.3) is 0 Å². The van der Waals surface area contributed by atoms with Crippen molar-refractivity contribution < 1.29 is 14.3 Å². The molecule has 0 aliphatic carbocycles. The minimum atomic E-state index is 0. The number of nitrogens with one attached hydrogen (secondary N) is 1. The van der Waals surface area contributed by atoms with E-state index in [-0.39, 0.29) is 31.1 Å². The van der Waals surface area contributed by atoms with E-state index in [1.165, 1.54) is 5.56 Å². The first-order valence-corrected chi connectivity index (χ1v) is 8.50. The summed E-state index contributed by atoms with van der Waals surface area (Å²) in [5.41, 5.74) is 2.27. The van der Waals surface area contributed by atoms with Gasteiger partial charge in [-0.3, -0.25) is 4.79 Å². The van der Waals surface area contributed by atoms with Crippen LogP contribution in [0.5, 0.6) is 11.5 Å². The predicted octanol–water partition coefficient (Wildman–Crippen LogP) is 3.19. The Balaban J connectivity index is 0.00000243. The molecule has 0 fully saturated rings. The Hall–Kier alpha value is -2.24. The number of rotatable bonds is 7. The van der Waals surface area contributed by atoms with Gasteiger partial charge in [-0.15, -0.1) is 12.4 Å². The molecule has 0 aromatic heterocycles. The molecule has 140 valence electrons. The van der Waals surface area contributed by atoms with Gasteiger partial charge in [0.15, 0.2) is 11.5 Å². The van der Waals surface area contributed by atoms with E-state index in [0.29, 0.717) is 13.0 Å². The van der Waals surface area contributed by atoms with Gasteiger partial charge in [0, 0.05) is 13.0 Å². The molecule has 2 aromatic rings. The number of nitrogens with zero attached hydrogens (tertiary/aromatic N) is 1. The van der Waals surface area contributed by atoms with Crippen LogP contribution in [0.25, 0.3) is 0 Å². The smallest absolute Gasteiger partial charge is 0.231 e. The van der Waals surface area contributed by atoms with E-state index in [2.05, 4.69) is 10.2 Å². The second-order valence-corrected chi connectivity index (χ2v) is 6.38. The average molecular weight is 377 g/mol. The fraction of sp³-hybridized carbons (Fsp3) is 0.350. The van der Waals surface area contributed by atoms with Crippen molar-refractivity contribution in [1.82, 2.24) is 10.2 Å². The zero-order valence-electron chi connectivity index (χ0n) is 15.1. The number of carbonyl (C=O) groups is 1. The van der Waals surface area contributed by atoms with Crippen LogP contribution >= 0.6 is 12.4 Å². The molecule has 1 unspecified atom stereocenters. The van der Waals surface area contributed by atoms with Gasteiger partial charge in [-0.25, -0.2) is 0 Å². The van der Waals surface area contributed by atoms with E-state index in [9.17, 15) is 4.79 Å². The third kappa shape index (κ3) is 5.13. The van der Waals surface area contributed by atoms with Crippen molar-refractivity contribution in [2.45, 2.75) is 18.9 Å². The lowest BCUT2D eigenvalue weighted by molar-refractivity contribution is -0.121. The molecule has 1 aliphatic heterocycles. The van der Waals surface area contributed by atoms with Crippen LogP contribution in [0.15, 0.2) is 48.5 Å². The highest BCUT2D eigenvalue weighted by Crippen LogP contribution is 2.34. The SMILES string of the molecule is CN(C)C(CNC(=O)CCc1ccccc1)c1ccc2c(c1)OCO2.Cl. The second kappa shape index (κ2) is 9.46. The van der Waals surface area contributed by atoms with Gasteiger partial charge in [0.1, 0.15) is 0 Å².